The highest BCUT2D eigenvalue weighted by molar-refractivity contribution is 6.30. The Balaban J connectivity index is 1.95. The van der Waals surface area contributed by atoms with Crippen LogP contribution in [0.5, 0.6) is 0 Å². The zero-order valence-corrected chi connectivity index (χ0v) is 15.4. The SMILES string of the molecule is C[C@H](OC(=O)Cc1cn(-c2ccccc2)nc1-c1ccc(Cl)cc1)C(N)=O. The Morgan fingerprint density at radius 1 is 1.15 bits per heavy atom. The third-order valence-corrected chi connectivity index (χ3v) is 4.22. The summed E-state index contributed by atoms with van der Waals surface area (Å²) in [7, 11) is 0. The molecule has 3 rings (SSSR count). The van der Waals surface area contributed by atoms with E-state index in [4.69, 9.17) is 22.1 Å². The lowest BCUT2D eigenvalue weighted by Gasteiger charge is -2.09. The molecule has 2 aromatic carbocycles. The molecule has 2 N–H and O–H groups in total. The van der Waals surface area contributed by atoms with Crippen LogP contribution in [0.2, 0.25) is 5.02 Å². The van der Waals surface area contributed by atoms with Gasteiger partial charge in [0.2, 0.25) is 0 Å². The molecule has 0 fully saturated rings. The lowest BCUT2D eigenvalue weighted by atomic mass is 10.1. The third kappa shape index (κ3) is 4.54. The molecule has 27 heavy (non-hydrogen) atoms. The van der Waals surface area contributed by atoms with Crippen molar-refractivity contribution in [3.8, 4) is 16.9 Å². The lowest BCUT2D eigenvalue weighted by Crippen LogP contribution is -2.30. The van der Waals surface area contributed by atoms with Crippen LogP contribution in [0.15, 0.2) is 60.8 Å². The highest BCUT2D eigenvalue weighted by atomic mass is 35.5. The molecule has 0 bridgehead atoms. The van der Waals surface area contributed by atoms with E-state index in [1.807, 2.05) is 42.5 Å². The van der Waals surface area contributed by atoms with Gasteiger partial charge in [-0.25, -0.2) is 4.68 Å². The topological polar surface area (TPSA) is 87.2 Å². The Hall–Kier alpha value is -3.12. The highest BCUT2D eigenvalue weighted by Gasteiger charge is 2.19. The lowest BCUT2D eigenvalue weighted by molar-refractivity contribution is -0.153. The van der Waals surface area contributed by atoms with Crippen molar-refractivity contribution < 1.29 is 14.3 Å². The van der Waals surface area contributed by atoms with Crippen molar-refractivity contribution in [2.75, 3.05) is 0 Å². The first-order chi connectivity index (χ1) is 12.9. The molecule has 0 saturated carbocycles. The summed E-state index contributed by atoms with van der Waals surface area (Å²) in [5.41, 5.74) is 8.13. The summed E-state index contributed by atoms with van der Waals surface area (Å²) < 4.78 is 6.77. The minimum atomic E-state index is -0.986. The first kappa shape index (κ1) is 18.7. The maximum Gasteiger partial charge on any atom is 0.311 e. The molecule has 0 unspecified atom stereocenters. The average molecular weight is 384 g/mol. The minimum Gasteiger partial charge on any atom is -0.452 e. The van der Waals surface area contributed by atoms with Gasteiger partial charge in [0, 0.05) is 22.3 Å². The summed E-state index contributed by atoms with van der Waals surface area (Å²) >= 11 is 5.97. The molecule has 0 aliphatic carbocycles. The average Bonchev–Trinajstić information content (AvgIpc) is 3.06. The molecule has 3 aromatic rings. The molecule has 1 heterocycles. The molecule has 6 nitrogen and oxygen atoms in total. The number of amides is 1. The fourth-order valence-electron chi connectivity index (χ4n) is 2.56. The molecule has 138 valence electrons. The van der Waals surface area contributed by atoms with Crippen molar-refractivity contribution in [2.45, 2.75) is 19.4 Å². The van der Waals surface area contributed by atoms with Crippen LogP contribution < -0.4 is 5.73 Å². The quantitative estimate of drug-likeness (QED) is 0.662. The largest absolute Gasteiger partial charge is 0.452 e. The van der Waals surface area contributed by atoms with Crippen molar-refractivity contribution >= 4 is 23.5 Å². The number of nitrogens with zero attached hydrogens (tertiary/aromatic N) is 2. The number of carbonyl (C=O) groups is 2. The molecular formula is C20H18ClN3O3. The van der Waals surface area contributed by atoms with E-state index in [9.17, 15) is 9.59 Å². The van der Waals surface area contributed by atoms with Crippen LogP contribution in [0.3, 0.4) is 0 Å². The standard InChI is InChI=1S/C20H18ClN3O3/c1-13(20(22)26)27-18(25)11-15-12-24(17-5-3-2-4-6-17)23-19(15)14-7-9-16(21)10-8-14/h2-10,12-13H,11H2,1H3,(H2,22,26)/t13-/m0/s1. The number of rotatable bonds is 6. The molecular weight excluding hydrogens is 366 g/mol. The zero-order valence-electron chi connectivity index (χ0n) is 14.6. The molecule has 0 spiro atoms. The van der Waals surface area contributed by atoms with E-state index in [1.54, 1.807) is 23.0 Å². The molecule has 1 amide bonds. The van der Waals surface area contributed by atoms with E-state index in [-0.39, 0.29) is 6.42 Å². The number of nitrogens with two attached hydrogens (primary N) is 1. The number of primary amides is 1. The predicted octanol–water partition coefficient (Wildman–Crippen LogP) is 3.15. The number of benzene rings is 2. The van der Waals surface area contributed by atoms with Crippen LogP contribution in [0.1, 0.15) is 12.5 Å². The van der Waals surface area contributed by atoms with Gasteiger partial charge >= 0.3 is 5.97 Å². The summed E-state index contributed by atoms with van der Waals surface area (Å²) in [4.78, 5) is 23.3. The first-order valence-electron chi connectivity index (χ1n) is 8.33. The van der Waals surface area contributed by atoms with Crippen LogP contribution in [-0.4, -0.2) is 27.8 Å². The van der Waals surface area contributed by atoms with Gasteiger partial charge in [-0.15, -0.1) is 0 Å². The van der Waals surface area contributed by atoms with E-state index >= 15 is 0 Å². The Labute approximate surface area is 161 Å². The predicted molar refractivity (Wildman–Crippen MR) is 102 cm³/mol. The molecule has 0 saturated heterocycles. The second-order valence-corrected chi connectivity index (χ2v) is 6.44. The van der Waals surface area contributed by atoms with Gasteiger partial charge in [0.15, 0.2) is 6.10 Å². The number of hydrogen-bond acceptors (Lipinski definition) is 4. The fraction of sp³-hybridized carbons (Fsp3) is 0.150. The van der Waals surface area contributed by atoms with Crippen LogP contribution in [-0.2, 0) is 20.7 Å². The third-order valence-electron chi connectivity index (χ3n) is 3.97. The first-order valence-corrected chi connectivity index (χ1v) is 8.70. The van der Waals surface area contributed by atoms with Crippen LogP contribution in [0.4, 0.5) is 0 Å². The monoisotopic (exact) mass is 383 g/mol. The van der Waals surface area contributed by atoms with E-state index < -0.39 is 18.0 Å². The summed E-state index contributed by atoms with van der Waals surface area (Å²) in [6.07, 6.45) is 0.748. The van der Waals surface area contributed by atoms with E-state index in [2.05, 4.69) is 5.10 Å². The smallest absolute Gasteiger partial charge is 0.311 e. The van der Waals surface area contributed by atoms with Gasteiger partial charge in [-0.3, -0.25) is 9.59 Å². The van der Waals surface area contributed by atoms with Crippen LogP contribution in [0, 0.1) is 0 Å². The number of ether oxygens (including phenoxy) is 1. The van der Waals surface area contributed by atoms with Gasteiger partial charge in [0.05, 0.1) is 17.8 Å². The number of halogens is 1. The Kier molecular flexibility index (Phi) is 5.57. The van der Waals surface area contributed by atoms with Crippen molar-refractivity contribution in [2.24, 2.45) is 5.73 Å². The number of hydrogen-bond donors (Lipinski definition) is 1. The summed E-state index contributed by atoms with van der Waals surface area (Å²) in [5, 5.41) is 5.23. The van der Waals surface area contributed by atoms with Gasteiger partial charge in [-0.2, -0.15) is 5.10 Å². The van der Waals surface area contributed by atoms with Crippen LogP contribution in [0.25, 0.3) is 16.9 Å². The van der Waals surface area contributed by atoms with Crippen LogP contribution >= 0.6 is 11.6 Å². The minimum absolute atomic E-state index is 0.0393. The van der Waals surface area contributed by atoms with Crippen molar-refractivity contribution in [3.63, 3.8) is 0 Å². The molecule has 7 heteroatoms. The van der Waals surface area contributed by atoms with Crippen molar-refractivity contribution in [1.82, 2.24) is 9.78 Å². The number of carbonyl (C=O) groups excluding carboxylic acids is 2. The number of aromatic nitrogens is 2. The second-order valence-electron chi connectivity index (χ2n) is 6.00. The molecule has 0 aliphatic heterocycles. The van der Waals surface area contributed by atoms with E-state index in [1.165, 1.54) is 6.92 Å². The van der Waals surface area contributed by atoms with E-state index in [0.717, 1.165) is 11.3 Å². The Morgan fingerprint density at radius 2 is 1.81 bits per heavy atom. The summed E-state index contributed by atoms with van der Waals surface area (Å²) in [6.45, 7) is 1.44. The molecule has 1 atom stereocenters. The molecule has 0 radical (unpaired) electrons. The van der Waals surface area contributed by atoms with Gasteiger partial charge in [0.1, 0.15) is 0 Å². The number of para-hydroxylation sites is 1. The van der Waals surface area contributed by atoms with E-state index in [0.29, 0.717) is 16.3 Å². The fourth-order valence-corrected chi connectivity index (χ4v) is 2.68. The van der Waals surface area contributed by atoms with Gasteiger partial charge < -0.3 is 10.5 Å². The molecule has 1 aromatic heterocycles. The molecule has 0 aliphatic rings. The highest BCUT2D eigenvalue weighted by Crippen LogP contribution is 2.26. The zero-order chi connectivity index (χ0) is 19.4. The van der Waals surface area contributed by atoms with Crippen molar-refractivity contribution in [1.29, 1.82) is 0 Å². The van der Waals surface area contributed by atoms with Gasteiger partial charge in [-0.05, 0) is 31.2 Å². The normalized spacial score (nSPS) is 11.8. The maximum atomic E-state index is 12.2. The Bertz CT molecular complexity index is 952. The summed E-state index contributed by atoms with van der Waals surface area (Å²) in [5.74, 6) is -1.25. The summed E-state index contributed by atoms with van der Waals surface area (Å²) in [6, 6.07) is 16.7. The maximum absolute atomic E-state index is 12.2. The van der Waals surface area contributed by atoms with Gasteiger partial charge in [0.25, 0.3) is 5.91 Å². The Morgan fingerprint density at radius 3 is 2.44 bits per heavy atom. The van der Waals surface area contributed by atoms with Crippen molar-refractivity contribution in [3.05, 3.63) is 71.4 Å². The number of esters is 1. The second kappa shape index (κ2) is 8.05. The van der Waals surface area contributed by atoms with Gasteiger partial charge in [-0.1, -0.05) is 41.9 Å².